The zero-order valence-electron chi connectivity index (χ0n) is 51.4. The summed E-state index contributed by atoms with van der Waals surface area (Å²) in [5.41, 5.74) is 0. The average molecular weight is 1440 g/mol. The highest BCUT2D eigenvalue weighted by Crippen LogP contribution is 2.39. The van der Waals surface area contributed by atoms with Gasteiger partial charge in [-0.05, 0) is 12.2 Å². The van der Waals surface area contributed by atoms with Crippen LogP contribution in [-0.2, 0) is 80.6 Å². The van der Waals surface area contributed by atoms with Gasteiger partial charge >= 0.3 is 0 Å². The van der Waals surface area contributed by atoms with Gasteiger partial charge < -0.3 is 204 Å². The summed E-state index contributed by atoms with van der Waals surface area (Å²) in [5.74, 6) is -0.133. The molecular weight excluding hydrogens is 1350 g/mol. The third-order valence-corrected chi connectivity index (χ3v) is 19.2. The number of aliphatic hydroxyl groups is 24. The lowest BCUT2D eigenvalue weighted by molar-refractivity contribution is -0.396. The van der Waals surface area contributed by atoms with Gasteiger partial charge in [-0.2, -0.15) is 11.8 Å². The van der Waals surface area contributed by atoms with Crippen molar-refractivity contribution in [2.75, 3.05) is 70.9 Å². The zero-order chi connectivity index (χ0) is 70.6. The number of aliphatic hydroxyl groups excluding tert-OH is 24. The van der Waals surface area contributed by atoms with Crippen molar-refractivity contribution in [2.45, 2.75) is 258 Å². The van der Waals surface area contributed by atoms with E-state index in [0.29, 0.717) is 12.2 Å². The Morgan fingerprint density at radius 3 is 0.814 bits per heavy atom. The Labute approximate surface area is 554 Å². The van der Waals surface area contributed by atoms with Gasteiger partial charge in [0.15, 0.2) is 50.3 Å². The number of carbonyl (C=O) groups excluding carboxylic acids is 1. The molecule has 22 rings (SSSR count). The fourth-order valence-electron chi connectivity index (χ4n) is 12.6. The van der Waals surface area contributed by atoms with E-state index in [1.807, 2.05) is 0 Å². The number of thioether (sulfide) groups is 1. The Bertz CT molecular complexity index is 2380. The van der Waals surface area contributed by atoms with Crippen LogP contribution in [0.5, 0.6) is 0 Å². The number of carbonyl (C=O) groups is 1. The van der Waals surface area contributed by atoms with Gasteiger partial charge in [-0.1, -0.05) is 0 Å². The van der Waals surface area contributed by atoms with Crippen LogP contribution < -0.4 is 5.32 Å². The summed E-state index contributed by atoms with van der Waals surface area (Å²) in [5, 5.41) is 267. The molecule has 0 aromatic heterocycles. The summed E-state index contributed by atoms with van der Waals surface area (Å²) in [6.45, 7) is -7.87. The quantitative estimate of drug-likeness (QED) is 0.0601. The lowest BCUT2D eigenvalue weighted by atomic mass is 9.95. The summed E-state index contributed by atoms with van der Waals surface area (Å²) < 4.78 is 91.9. The van der Waals surface area contributed by atoms with Crippen molar-refractivity contribution in [3.8, 4) is 0 Å². The third kappa shape index (κ3) is 17.3. The van der Waals surface area contributed by atoms with Gasteiger partial charge in [-0.15, -0.1) is 0 Å². The second kappa shape index (κ2) is 35.3. The maximum Gasteiger partial charge on any atom is 0.220 e. The van der Waals surface area contributed by atoms with Gasteiger partial charge in [0.1, 0.15) is 195 Å². The van der Waals surface area contributed by atoms with E-state index in [-0.39, 0.29) is 18.8 Å². The van der Waals surface area contributed by atoms with Gasteiger partial charge in [-0.25, -0.2) is 0 Å². The van der Waals surface area contributed by atoms with Crippen LogP contribution >= 0.6 is 11.8 Å². The Morgan fingerprint density at radius 2 is 0.546 bits per heavy atom. The summed E-state index contributed by atoms with van der Waals surface area (Å²) in [6.07, 6.45) is -79.5. The van der Waals surface area contributed by atoms with Crippen LogP contribution in [0.1, 0.15) is 12.8 Å². The Hall–Kier alpha value is -1.78. The van der Waals surface area contributed by atoms with Crippen molar-refractivity contribution in [1.82, 2.24) is 5.32 Å². The first-order chi connectivity index (χ1) is 46.2. The van der Waals surface area contributed by atoms with Gasteiger partial charge in [0.2, 0.25) is 5.91 Å². The van der Waals surface area contributed by atoms with Crippen molar-refractivity contribution in [2.24, 2.45) is 0 Å². The van der Waals surface area contributed by atoms with Crippen molar-refractivity contribution in [3.05, 3.63) is 0 Å². The van der Waals surface area contributed by atoms with Crippen LogP contribution in [0.25, 0.3) is 0 Å². The van der Waals surface area contributed by atoms with E-state index in [1.165, 1.54) is 11.8 Å². The predicted molar refractivity (Wildman–Crippen MR) is 301 cm³/mol. The first-order valence-electron chi connectivity index (χ1n) is 31.4. The van der Waals surface area contributed by atoms with E-state index in [9.17, 15) is 127 Å². The number of amides is 1. The van der Waals surface area contributed by atoms with Gasteiger partial charge in [-0.3, -0.25) is 4.79 Å². The molecule has 22 fully saturated rings. The molecule has 97 heavy (non-hydrogen) atoms. The highest BCUT2D eigenvalue weighted by molar-refractivity contribution is 7.99. The Morgan fingerprint density at radius 1 is 0.289 bits per heavy atom. The molecule has 22 saturated heterocycles. The van der Waals surface area contributed by atoms with Crippen molar-refractivity contribution in [1.29, 1.82) is 0 Å². The monoisotopic (exact) mass is 1440 g/mol. The SMILES string of the molecule is O=C(CCSCCCO[C@H]1O[C@H](CO)[C@@H](O)[C@H](O)[C@@H]1O)NC[C@H]1O[C@@H]2O[C@H]3[C@H](O)[C@@H](O)[C@@H](O[C@H]4[C@H](O)[C@@H](O)[C@@H](O[C@H]5[C@H](O)[C@@H](O)[C@@H](O[C@H]6[C@H](O)[C@@H](O)[C@@H](O[C@H]7[C@H](O)[C@@H](O)[C@@H](O[C@H]8[C@H](O)[C@@H](O)[C@@H](O[C@H]1[C@H](O)[C@H]2O)O[C@@H]8CO)O[C@@H]7CO)O[C@@H]6CO)O[C@@H]5CO)O[C@@H]4CO)O[C@@H]3CO. The van der Waals surface area contributed by atoms with Crippen LogP contribution in [0.4, 0.5) is 0 Å². The van der Waals surface area contributed by atoms with Crippen molar-refractivity contribution in [3.63, 3.8) is 0 Å². The zero-order valence-corrected chi connectivity index (χ0v) is 52.2. The van der Waals surface area contributed by atoms with E-state index in [0.717, 1.165) is 0 Å². The molecule has 0 unspecified atom stereocenters. The highest BCUT2D eigenvalue weighted by atomic mass is 32.2. The van der Waals surface area contributed by atoms with E-state index in [4.69, 9.17) is 75.8 Å². The summed E-state index contributed by atoms with van der Waals surface area (Å²) in [6, 6.07) is 0. The fraction of sp³-hybridized carbons (Fsp3) is 0.981. The van der Waals surface area contributed by atoms with Crippen molar-refractivity contribution < 1.29 is 203 Å². The van der Waals surface area contributed by atoms with E-state index >= 15 is 0 Å². The van der Waals surface area contributed by atoms with E-state index in [2.05, 4.69) is 5.32 Å². The molecule has 1 amide bonds. The molecule has 22 aliphatic rings. The molecule has 0 aromatic rings. The molecule has 40 atom stereocenters. The molecule has 25 N–H and O–H groups in total. The molecule has 0 radical (unpaired) electrons. The molecule has 22 aliphatic heterocycles. The van der Waals surface area contributed by atoms with Crippen LogP contribution in [0.15, 0.2) is 0 Å². The maximum absolute atomic E-state index is 13.4. The second-order valence-corrected chi connectivity index (χ2v) is 25.8. The lowest BCUT2D eigenvalue weighted by Crippen LogP contribution is -2.68. The second-order valence-electron chi connectivity index (χ2n) is 24.6. The maximum atomic E-state index is 13.4. The smallest absolute Gasteiger partial charge is 0.220 e. The molecule has 42 nitrogen and oxygen atoms in total. The Kier molecular flexibility index (Phi) is 28.9. The summed E-state index contributed by atoms with van der Waals surface area (Å²) in [4.78, 5) is 13.4. The average Bonchev–Trinajstić information content (AvgIpc) is 0.788. The van der Waals surface area contributed by atoms with Crippen LogP contribution in [0.3, 0.4) is 0 Å². The third-order valence-electron chi connectivity index (χ3n) is 18.1. The Balaban J connectivity index is 0.949. The molecule has 0 aliphatic carbocycles. The molecular formula is C54H91NO41S. The largest absolute Gasteiger partial charge is 0.394 e. The summed E-state index contributed by atoms with van der Waals surface area (Å²) in [7, 11) is 0. The molecule has 14 bridgehead atoms. The number of rotatable bonds is 17. The molecule has 0 aromatic carbocycles. The molecule has 43 heteroatoms. The minimum absolute atomic E-state index is 0.0224. The molecule has 22 heterocycles. The predicted octanol–water partition coefficient (Wildman–Crippen LogP) is -16.8. The normalized spacial score (nSPS) is 51.1. The number of ether oxygens (including phenoxy) is 16. The van der Waals surface area contributed by atoms with Gasteiger partial charge in [0.25, 0.3) is 0 Å². The van der Waals surface area contributed by atoms with Gasteiger partial charge in [0.05, 0.1) is 52.9 Å². The molecule has 0 spiro atoms. The van der Waals surface area contributed by atoms with Gasteiger partial charge in [0, 0.05) is 18.7 Å². The topological polar surface area (TPSA) is 662 Å². The highest BCUT2D eigenvalue weighted by Gasteiger charge is 2.60. The minimum Gasteiger partial charge on any atom is -0.394 e. The van der Waals surface area contributed by atoms with Crippen LogP contribution in [0, 0.1) is 0 Å². The standard InChI is InChI=1S/C54H91NO41S/c56-7-15-23(64)24(65)32(73)47(83-15)81-3-1-4-97-5-2-22(63)55-6-14-40-25(66)33(74)48(82-14)91-41-16(8-57)85-50(35(76)27(41)68)93-43-18(10-59)87-52(37(78)29(43)70)95-45-20(12-61)89-54(39(80)31(45)72)96-46-21(13-62)88-53(38(79)30(46)71)94-44-19(11-60)86-51(36(77)28(44)69)92-42-17(9-58)84-49(90-40)34(75)26(42)67/h14-21,23-54,56-62,64-80H,1-13H2,(H,55,63)/t14-,15-,16-,17-,18-,19-,20-,21-,23-,24+,25-,26-,27-,28-,29-,30-,31-,32+,33-,34-,35-,36-,37-,38-,39-,40-,41-,42-,43-,44-,45-,46-,47+,48-,49-,50-,51-,52-,53-,54-/m1/s1. The lowest BCUT2D eigenvalue weighted by Gasteiger charge is -2.50. The van der Waals surface area contributed by atoms with E-state index in [1.54, 1.807) is 0 Å². The number of hydrogen-bond donors (Lipinski definition) is 25. The summed E-state index contributed by atoms with van der Waals surface area (Å²) >= 11 is 1.26. The molecule has 0 saturated carbocycles. The first kappa shape index (κ1) is 79.3. The van der Waals surface area contributed by atoms with Crippen LogP contribution in [0.2, 0.25) is 0 Å². The number of hydrogen-bond acceptors (Lipinski definition) is 42. The minimum atomic E-state index is -2.29. The molecule has 564 valence electrons. The first-order valence-corrected chi connectivity index (χ1v) is 32.5. The van der Waals surface area contributed by atoms with Crippen molar-refractivity contribution >= 4 is 17.7 Å². The van der Waals surface area contributed by atoms with Crippen LogP contribution in [-0.4, -0.2) is 445 Å². The van der Waals surface area contributed by atoms with E-state index < -0.39 is 304 Å². The number of nitrogens with one attached hydrogen (secondary N) is 1. The fourth-order valence-corrected chi connectivity index (χ4v) is 13.4.